The quantitative estimate of drug-likeness (QED) is 0.523. The number of aromatic amines is 2. The van der Waals surface area contributed by atoms with E-state index in [1.54, 1.807) is 12.4 Å². The number of hydrogen-bond donors (Lipinski definition) is 2. The number of pyridine rings is 1. The molecule has 0 spiro atoms. The predicted octanol–water partition coefficient (Wildman–Crippen LogP) is 4.35. The van der Waals surface area contributed by atoms with Crippen molar-refractivity contribution in [3.8, 4) is 0 Å². The first kappa shape index (κ1) is 14.9. The van der Waals surface area contributed by atoms with Gasteiger partial charge in [0.1, 0.15) is 4.64 Å². The highest BCUT2D eigenvalue weighted by Crippen LogP contribution is 2.29. The van der Waals surface area contributed by atoms with Crippen LogP contribution >= 0.6 is 59.3 Å². The average molecular weight is 370 g/mol. The Hall–Kier alpha value is -1.07. The number of hydrogen-bond acceptors (Lipinski definition) is 8. The van der Waals surface area contributed by atoms with E-state index >= 15 is 0 Å². The van der Waals surface area contributed by atoms with E-state index in [0.717, 1.165) is 14.3 Å². The van der Waals surface area contributed by atoms with Crippen molar-refractivity contribution in [3.05, 3.63) is 39.2 Å². The van der Waals surface area contributed by atoms with E-state index in [9.17, 15) is 0 Å². The molecule has 10 heteroatoms. The normalized spacial score (nSPS) is 10.7. The summed E-state index contributed by atoms with van der Waals surface area (Å²) >= 11 is 14.4. The zero-order chi connectivity index (χ0) is 14.7. The lowest BCUT2D eigenvalue weighted by atomic mass is 10.5. The Morgan fingerprint density at radius 2 is 1.90 bits per heavy atom. The molecule has 2 N–H and O–H groups in total. The van der Waals surface area contributed by atoms with Crippen molar-refractivity contribution in [1.82, 2.24) is 25.1 Å². The molecular weight excluding hydrogens is 362 g/mol. The van der Waals surface area contributed by atoms with Gasteiger partial charge in [-0.15, -0.1) is 0 Å². The molecule has 3 aromatic rings. The topological polar surface area (TPSA) is 70.2 Å². The molecule has 0 saturated heterocycles. The minimum absolute atomic E-state index is 0.657. The molecule has 0 unspecified atom stereocenters. The molecule has 0 atom stereocenters. The molecule has 3 rings (SSSR count). The SMILES string of the molecule is S=c1cccc(Sc2ncc(Sc3n[nH]c(=S)s3)cn2)[nH]1. The van der Waals surface area contributed by atoms with Crippen molar-refractivity contribution in [2.45, 2.75) is 19.4 Å². The summed E-state index contributed by atoms with van der Waals surface area (Å²) in [6.45, 7) is 0. The Morgan fingerprint density at radius 1 is 1.10 bits per heavy atom. The van der Waals surface area contributed by atoms with Crippen molar-refractivity contribution in [3.63, 3.8) is 0 Å². The van der Waals surface area contributed by atoms with Gasteiger partial charge in [-0.05, 0) is 36.1 Å². The van der Waals surface area contributed by atoms with Crippen molar-refractivity contribution >= 4 is 59.3 Å². The van der Waals surface area contributed by atoms with Crippen LogP contribution in [0.15, 0.2) is 50.0 Å². The molecule has 3 aromatic heterocycles. The maximum atomic E-state index is 5.08. The molecular formula is C11H7N5S5. The van der Waals surface area contributed by atoms with Gasteiger partial charge in [0, 0.05) is 12.4 Å². The van der Waals surface area contributed by atoms with Crippen LogP contribution in [-0.4, -0.2) is 25.1 Å². The first-order valence-electron chi connectivity index (χ1n) is 5.62. The van der Waals surface area contributed by atoms with Crippen LogP contribution < -0.4 is 0 Å². The lowest BCUT2D eigenvalue weighted by molar-refractivity contribution is 0.923. The monoisotopic (exact) mass is 369 g/mol. The summed E-state index contributed by atoms with van der Waals surface area (Å²) in [6, 6.07) is 5.66. The van der Waals surface area contributed by atoms with Crippen LogP contribution in [0.5, 0.6) is 0 Å². The van der Waals surface area contributed by atoms with Crippen LogP contribution in [0.1, 0.15) is 0 Å². The van der Waals surface area contributed by atoms with E-state index in [-0.39, 0.29) is 0 Å². The third kappa shape index (κ3) is 4.20. The molecule has 0 aliphatic heterocycles. The second-order valence-electron chi connectivity index (χ2n) is 3.66. The van der Waals surface area contributed by atoms with Crippen LogP contribution in [0.2, 0.25) is 0 Å². The average Bonchev–Trinajstić information content (AvgIpc) is 2.86. The zero-order valence-electron chi connectivity index (χ0n) is 10.3. The molecule has 21 heavy (non-hydrogen) atoms. The van der Waals surface area contributed by atoms with Gasteiger partial charge in [-0.3, -0.25) is 5.10 Å². The standard InChI is InChI=1S/C11H7N5S5/c17-7-2-1-3-8(14-7)20-9-12-4-6(5-13-9)19-11-16-15-10(18)21-11/h1-5H,(H,14,17)(H,15,18). The maximum absolute atomic E-state index is 5.08. The molecule has 3 heterocycles. The van der Waals surface area contributed by atoms with Gasteiger partial charge in [0.2, 0.25) is 0 Å². The Labute approximate surface area is 142 Å². The van der Waals surface area contributed by atoms with Crippen LogP contribution in [-0.2, 0) is 0 Å². The van der Waals surface area contributed by atoms with Crippen LogP contribution in [0.3, 0.4) is 0 Å². The predicted molar refractivity (Wildman–Crippen MR) is 89.2 cm³/mol. The summed E-state index contributed by atoms with van der Waals surface area (Å²) in [6.07, 6.45) is 3.53. The highest BCUT2D eigenvalue weighted by molar-refractivity contribution is 8.01. The number of nitrogens with one attached hydrogen (secondary N) is 2. The summed E-state index contributed by atoms with van der Waals surface area (Å²) < 4.78 is 2.19. The van der Waals surface area contributed by atoms with Gasteiger partial charge >= 0.3 is 0 Å². The Balaban J connectivity index is 1.72. The van der Waals surface area contributed by atoms with E-state index in [4.69, 9.17) is 24.4 Å². The molecule has 5 nitrogen and oxygen atoms in total. The first-order chi connectivity index (χ1) is 10.2. The largest absolute Gasteiger partial charge is 0.341 e. The highest BCUT2D eigenvalue weighted by atomic mass is 32.2. The van der Waals surface area contributed by atoms with Crippen molar-refractivity contribution in [2.75, 3.05) is 0 Å². The highest BCUT2D eigenvalue weighted by Gasteiger charge is 2.05. The summed E-state index contributed by atoms with van der Waals surface area (Å²) in [5, 5.41) is 8.40. The van der Waals surface area contributed by atoms with E-state index in [0.29, 0.717) is 13.8 Å². The number of aromatic nitrogens is 5. The van der Waals surface area contributed by atoms with E-state index in [2.05, 4.69) is 25.1 Å². The first-order valence-corrected chi connectivity index (χ1v) is 8.88. The molecule has 0 radical (unpaired) electrons. The second-order valence-corrected chi connectivity index (χ2v) is 8.10. The smallest absolute Gasteiger partial charge is 0.193 e. The second kappa shape index (κ2) is 6.79. The molecule has 0 amide bonds. The van der Waals surface area contributed by atoms with Gasteiger partial charge in [0.15, 0.2) is 13.5 Å². The molecule has 0 fully saturated rings. The third-order valence-electron chi connectivity index (χ3n) is 2.17. The molecule has 106 valence electrons. The fourth-order valence-corrected chi connectivity index (χ4v) is 4.32. The third-order valence-corrected chi connectivity index (χ3v) is 5.36. The maximum Gasteiger partial charge on any atom is 0.193 e. The minimum Gasteiger partial charge on any atom is -0.341 e. The van der Waals surface area contributed by atoms with Crippen molar-refractivity contribution < 1.29 is 0 Å². The fraction of sp³-hybridized carbons (Fsp3) is 0. The van der Waals surface area contributed by atoms with Gasteiger partial charge in [0.25, 0.3) is 0 Å². The lowest BCUT2D eigenvalue weighted by Crippen LogP contribution is -1.87. The van der Waals surface area contributed by atoms with E-state index < -0.39 is 0 Å². The van der Waals surface area contributed by atoms with Gasteiger partial charge in [-0.25, -0.2) is 9.97 Å². The van der Waals surface area contributed by atoms with Crippen LogP contribution in [0.25, 0.3) is 0 Å². The van der Waals surface area contributed by atoms with Crippen molar-refractivity contribution in [2.24, 2.45) is 0 Å². The molecule has 0 bridgehead atoms. The van der Waals surface area contributed by atoms with E-state index in [1.807, 2.05) is 18.2 Å². The lowest BCUT2D eigenvalue weighted by Gasteiger charge is -2.01. The summed E-state index contributed by atoms with van der Waals surface area (Å²) in [4.78, 5) is 12.6. The molecule has 0 aromatic carbocycles. The van der Waals surface area contributed by atoms with E-state index in [1.165, 1.54) is 34.9 Å². The number of rotatable bonds is 4. The van der Waals surface area contributed by atoms with Gasteiger partial charge in [-0.2, -0.15) is 5.10 Å². The Bertz CT molecular complexity index is 850. The number of nitrogens with zero attached hydrogens (tertiary/aromatic N) is 3. The molecule has 0 aliphatic carbocycles. The summed E-state index contributed by atoms with van der Waals surface area (Å²) in [7, 11) is 0. The van der Waals surface area contributed by atoms with Crippen LogP contribution in [0.4, 0.5) is 0 Å². The summed E-state index contributed by atoms with van der Waals surface area (Å²) in [5.74, 6) is 0. The zero-order valence-corrected chi connectivity index (χ0v) is 14.4. The van der Waals surface area contributed by atoms with Crippen LogP contribution in [0, 0.1) is 8.59 Å². The number of H-pyrrole nitrogens is 2. The van der Waals surface area contributed by atoms with Gasteiger partial charge < -0.3 is 4.98 Å². The van der Waals surface area contributed by atoms with Gasteiger partial charge in [-0.1, -0.05) is 41.4 Å². The summed E-state index contributed by atoms with van der Waals surface area (Å²) in [5.41, 5.74) is 0. The fourth-order valence-electron chi connectivity index (χ4n) is 1.36. The Kier molecular flexibility index (Phi) is 4.80. The van der Waals surface area contributed by atoms with Gasteiger partial charge in [0.05, 0.1) is 9.92 Å². The molecule has 0 saturated carbocycles. The minimum atomic E-state index is 0.657. The van der Waals surface area contributed by atoms with Crippen molar-refractivity contribution in [1.29, 1.82) is 0 Å². The molecule has 0 aliphatic rings. The Morgan fingerprint density at radius 3 is 2.57 bits per heavy atom.